The third kappa shape index (κ3) is 5.05. The van der Waals surface area contributed by atoms with Crippen LogP contribution in [0.4, 0.5) is 0 Å². The molecule has 0 amide bonds. The SMILES string of the molecule is Cl/C(=C/[Te]c1ccccc1)[Te]c1ccccc1. The molecule has 2 aromatic rings. The Morgan fingerprint density at radius 3 is 1.94 bits per heavy atom. The molecule has 0 aliphatic heterocycles. The summed E-state index contributed by atoms with van der Waals surface area (Å²) in [4.78, 5) is 0. The van der Waals surface area contributed by atoms with E-state index in [0.717, 1.165) is 3.08 Å². The van der Waals surface area contributed by atoms with Gasteiger partial charge in [-0.1, -0.05) is 0 Å². The zero-order chi connectivity index (χ0) is 11.9. The van der Waals surface area contributed by atoms with Crippen LogP contribution < -0.4 is 7.22 Å². The van der Waals surface area contributed by atoms with Crippen molar-refractivity contribution < 1.29 is 0 Å². The normalized spacial score (nSPS) is 11.5. The Labute approximate surface area is 127 Å². The molecule has 2 aromatic carbocycles. The molecule has 0 aliphatic carbocycles. The van der Waals surface area contributed by atoms with Gasteiger partial charge >= 0.3 is 129 Å². The molecule has 2 rings (SSSR count). The second kappa shape index (κ2) is 7.48. The van der Waals surface area contributed by atoms with Crippen LogP contribution in [0.25, 0.3) is 0 Å². The molecule has 0 heterocycles. The Balaban J connectivity index is 1.94. The van der Waals surface area contributed by atoms with Crippen molar-refractivity contribution in [1.82, 2.24) is 0 Å². The van der Waals surface area contributed by atoms with E-state index < -0.39 is 0 Å². The van der Waals surface area contributed by atoms with Crippen molar-refractivity contribution in [2.45, 2.75) is 0 Å². The summed E-state index contributed by atoms with van der Waals surface area (Å²) in [6.07, 6.45) is 0. The molecule has 0 spiro atoms. The van der Waals surface area contributed by atoms with E-state index >= 15 is 0 Å². The summed E-state index contributed by atoms with van der Waals surface area (Å²) in [5.41, 5.74) is 0. The van der Waals surface area contributed by atoms with Crippen LogP contribution in [0.5, 0.6) is 0 Å². The number of hydrogen-bond acceptors (Lipinski definition) is 0. The molecule has 0 saturated heterocycles. The first-order chi connectivity index (χ1) is 8.34. The Bertz CT molecular complexity index is 480. The van der Waals surface area contributed by atoms with Crippen molar-refractivity contribution in [2.75, 3.05) is 0 Å². The van der Waals surface area contributed by atoms with E-state index in [-0.39, 0.29) is 41.8 Å². The zero-order valence-electron chi connectivity index (χ0n) is 9.05. The Morgan fingerprint density at radius 1 is 0.824 bits per heavy atom. The van der Waals surface area contributed by atoms with Crippen LogP contribution >= 0.6 is 11.6 Å². The Hall–Kier alpha value is 0.0492. The topological polar surface area (TPSA) is 0 Å². The van der Waals surface area contributed by atoms with Crippen molar-refractivity contribution >= 4 is 60.7 Å². The van der Waals surface area contributed by atoms with Crippen LogP contribution in [0, 0.1) is 0 Å². The predicted octanol–water partition coefficient (Wildman–Crippen LogP) is 2.08. The summed E-state index contributed by atoms with van der Waals surface area (Å²) in [5.74, 6) is 0. The average Bonchev–Trinajstić information content (AvgIpc) is 2.39. The second-order valence-electron chi connectivity index (χ2n) is 3.27. The molecule has 3 heteroatoms. The van der Waals surface area contributed by atoms with E-state index in [2.05, 4.69) is 58.7 Å². The minimum atomic E-state index is -0.361. The molecule has 86 valence electrons. The van der Waals surface area contributed by atoms with Gasteiger partial charge in [0.05, 0.1) is 0 Å². The summed E-state index contributed by atoms with van der Waals surface area (Å²) < 4.78 is 6.21. The van der Waals surface area contributed by atoms with Gasteiger partial charge in [-0.3, -0.25) is 0 Å². The summed E-state index contributed by atoms with van der Waals surface area (Å²) in [6.45, 7) is 0. The van der Waals surface area contributed by atoms with Gasteiger partial charge in [0.25, 0.3) is 0 Å². The Kier molecular flexibility index (Phi) is 5.93. The second-order valence-corrected chi connectivity index (χ2v) is 10.3. The molecular formula is C14H11ClTe2. The molecule has 0 aromatic heterocycles. The third-order valence-corrected chi connectivity index (χ3v) is 9.37. The van der Waals surface area contributed by atoms with E-state index in [9.17, 15) is 0 Å². The van der Waals surface area contributed by atoms with Gasteiger partial charge in [0.1, 0.15) is 0 Å². The van der Waals surface area contributed by atoms with Crippen LogP contribution in [0.15, 0.2) is 67.9 Å². The number of rotatable bonds is 4. The van der Waals surface area contributed by atoms with E-state index in [1.807, 2.05) is 6.07 Å². The van der Waals surface area contributed by atoms with Gasteiger partial charge in [0.2, 0.25) is 0 Å². The van der Waals surface area contributed by atoms with Gasteiger partial charge in [-0.25, -0.2) is 0 Å². The summed E-state index contributed by atoms with van der Waals surface area (Å²) in [6, 6.07) is 21.2. The van der Waals surface area contributed by atoms with Crippen molar-refractivity contribution in [1.29, 1.82) is 0 Å². The van der Waals surface area contributed by atoms with Crippen LogP contribution in [-0.4, -0.2) is 41.8 Å². The first-order valence-corrected chi connectivity index (χ1v) is 10.4. The summed E-state index contributed by atoms with van der Waals surface area (Å²) in [7, 11) is 0. The van der Waals surface area contributed by atoms with E-state index in [1.54, 1.807) is 0 Å². The quantitative estimate of drug-likeness (QED) is 0.602. The van der Waals surface area contributed by atoms with Crippen molar-refractivity contribution in [3.05, 3.63) is 67.9 Å². The fourth-order valence-corrected chi connectivity index (χ4v) is 7.14. The maximum atomic E-state index is 6.32. The third-order valence-electron chi connectivity index (χ3n) is 1.99. The molecular weight excluding hydrogens is 459 g/mol. The van der Waals surface area contributed by atoms with Crippen molar-refractivity contribution in [2.24, 2.45) is 0 Å². The van der Waals surface area contributed by atoms with Gasteiger partial charge in [-0.05, 0) is 0 Å². The van der Waals surface area contributed by atoms with Gasteiger partial charge in [0.15, 0.2) is 0 Å². The molecule has 0 bridgehead atoms. The fraction of sp³-hybridized carbons (Fsp3) is 0. The molecule has 0 saturated carbocycles. The first kappa shape index (κ1) is 13.5. The fourth-order valence-electron chi connectivity index (χ4n) is 1.24. The van der Waals surface area contributed by atoms with E-state index in [0.29, 0.717) is 0 Å². The molecule has 0 atom stereocenters. The zero-order valence-corrected chi connectivity index (χ0v) is 14.5. The molecule has 0 N–H and O–H groups in total. The molecule has 0 radical (unpaired) electrons. The maximum absolute atomic E-state index is 6.32. The van der Waals surface area contributed by atoms with Crippen LogP contribution in [0.1, 0.15) is 0 Å². The van der Waals surface area contributed by atoms with E-state index in [1.165, 1.54) is 7.22 Å². The monoisotopic (exact) mass is 474 g/mol. The Morgan fingerprint density at radius 2 is 1.35 bits per heavy atom. The predicted molar refractivity (Wildman–Crippen MR) is 77.6 cm³/mol. The standard InChI is InChI=1S/C14H11ClTe2/c15-14(17-13-9-5-2-6-10-13)11-16-12-7-3-1-4-8-12/h1-11H/b14-11-. The van der Waals surface area contributed by atoms with Gasteiger partial charge < -0.3 is 0 Å². The van der Waals surface area contributed by atoms with Crippen LogP contribution in [-0.2, 0) is 0 Å². The number of halogens is 1. The minimum absolute atomic E-state index is 0.255. The molecule has 0 fully saturated rings. The molecule has 0 unspecified atom stereocenters. The van der Waals surface area contributed by atoms with Gasteiger partial charge in [-0.2, -0.15) is 0 Å². The van der Waals surface area contributed by atoms with Crippen LogP contribution in [0.2, 0.25) is 0 Å². The average molecular weight is 470 g/mol. The molecule has 0 aliphatic rings. The number of benzene rings is 2. The molecule has 17 heavy (non-hydrogen) atoms. The molecule has 0 nitrogen and oxygen atoms in total. The summed E-state index contributed by atoms with van der Waals surface area (Å²) >= 11 is 5.70. The first-order valence-electron chi connectivity index (χ1n) is 5.15. The van der Waals surface area contributed by atoms with Gasteiger partial charge in [-0.15, -0.1) is 0 Å². The summed E-state index contributed by atoms with van der Waals surface area (Å²) in [5, 5.41) is 0. The number of hydrogen-bond donors (Lipinski definition) is 0. The van der Waals surface area contributed by atoms with Crippen molar-refractivity contribution in [3.63, 3.8) is 0 Å². The van der Waals surface area contributed by atoms with Crippen LogP contribution in [0.3, 0.4) is 0 Å². The van der Waals surface area contributed by atoms with Gasteiger partial charge in [0, 0.05) is 0 Å². The van der Waals surface area contributed by atoms with E-state index in [4.69, 9.17) is 11.6 Å². The van der Waals surface area contributed by atoms with Crippen molar-refractivity contribution in [3.8, 4) is 0 Å².